The molecule has 2 aromatic rings. The number of ether oxygens (including phenoxy) is 5. The number of phenols is 1. The van der Waals surface area contributed by atoms with Crippen LogP contribution in [0.5, 0.6) is 23.0 Å². The van der Waals surface area contributed by atoms with Gasteiger partial charge in [-0.1, -0.05) is 24.3 Å². The summed E-state index contributed by atoms with van der Waals surface area (Å²) >= 11 is 0. The molecule has 0 saturated carbocycles. The van der Waals surface area contributed by atoms with Gasteiger partial charge in [0, 0.05) is 12.8 Å². The number of rotatable bonds is 15. The molecule has 46 heavy (non-hydrogen) atoms. The van der Waals surface area contributed by atoms with E-state index in [2.05, 4.69) is 0 Å². The van der Waals surface area contributed by atoms with Gasteiger partial charge in [0.05, 0.1) is 20.6 Å². The van der Waals surface area contributed by atoms with Crippen molar-refractivity contribution in [3.05, 3.63) is 59.7 Å². The minimum absolute atomic E-state index is 0.0374. The van der Waals surface area contributed by atoms with Crippen LogP contribution in [0.1, 0.15) is 36.8 Å². The Balaban J connectivity index is 1.43. The molecular formula is C32H36O14. The first kappa shape index (κ1) is 35.9. The number of ketones is 2. The lowest BCUT2D eigenvalue weighted by atomic mass is 9.99. The topological polar surface area (TPSA) is 216 Å². The van der Waals surface area contributed by atoms with Gasteiger partial charge in [-0.05, 0) is 54.0 Å². The number of aliphatic hydroxyl groups is 4. The molecule has 1 saturated heterocycles. The zero-order valence-corrected chi connectivity index (χ0v) is 25.1. The number of hydrogen-bond acceptors (Lipinski definition) is 14. The van der Waals surface area contributed by atoms with Crippen LogP contribution >= 0.6 is 0 Å². The van der Waals surface area contributed by atoms with Gasteiger partial charge in [-0.15, -0.1) is 0 Å². The van der Waals surface area contributed by atoms with Crippen LogP contribution in [0, 0.1) is 0 Å². The van der Waals surface area contributed by atoms with E-state index in [9.17, 15) is 44.7 Å². The van der Waals surface area contributed by atoms with E-state index in [-0.39, 0.29) is 48.7 Å². The smallest absolute Gasteiger partial charge is 0.311 e. The van der Waals surface area contributed by atoms with E-state index >= 15 is 0 Å². The molecule has 0 aromatic heterocycles. The van der Waals surface area contributed by atoms with Gasteiger partial charge in [0.25, 0.3) is 0 Å². The van der Waals surface area contributed by atoms with Crippen molar-refractivity contribution >= 4 is 35.7 Å². The summed E-state index contributed by atoms with van der Waals surface area (Å²) in [5.41, 5.74) is 1.14. The number of allylic oxidation sites excluding steroid dienone is 2. The summed E-state index contributed by atoms with van der Waals surface area (Å²) in [5.74, 6) is -1.73. The molecule has 1 aliphatic rings. The molecule has 0 unspecified atom stereocenters. The van der Waals surface area contributed by atoms with Crippen molar-refractivity contribution in [1.82, 2.24) is 0 Å². The number of benzene rings is 2. The maximum absolute atomic E-state index is 12.3. The van der Waals surface area contributed by atoms with Crippen molar-refractivity contribution in [3.63, 3.8) is 0 Å². The lowest BCUT2D eigenvalue weighted by Gasteiger charge is -2.37. The van der Waals surface area contributed by atoms with Crippen molar-refractivity contribution in [2.24, 2.45) is 0 Å². The van der Waals surface area contributed by atoms with E-state index in [1.807, 2.05) is 0 Å². The van der Waals surface area contributed by atoms with E-state index < -0.39 is 60.8 Å². The lowest BCUT2D eigenvalue weighted by molar-refractivity contribution is -0.287. The van der Waals surface area contributed by atoms with Crippen molar-refractivity contribution in [2.75, 3.05) is 20.8 Å². The molecule has 0 amide bonds. The second-order valence-corrected chi connectivity index (χ2v) is 10.2. The number of esters is 2. The van der Waals surface area contributed by atoms with Crippen LogP contribution in [0.15, 0.2) is 48.6 Å². The Morgan fingerprint density at radius 2 is 1.35 bits per heavy atom. The maximum Gasteiger partial charge on any atom is 0.311 e. The molecule has 0 aliphatic carbocycles. The van der Waals surface area contributed by atoms with Gasteiger partial charge >= 0.3 is 11.9 Å². The van der Waals surface area contributed by atoms with E-state index in [4.69, 9.17) is 23.7 Å². The highest BCUT2D eigenvalue weighted by molar-refractivity contribution is 6.10. The SMILES string of the molecule is COc1cc(/C=C/C(=O)CC(=O)/C=C/c2ccc(OC(=O)CCCC(=O)OC[C@@H]3O[C@@H](O)[C@@H](O)[C@H](O)[C@@H]3O)c(OC)c2)ccc1O. The minimum Gasteiger partial charge on any atom is -0.504 e. The molecule has 1 fully saturated rings. The number of aliphatic hydroxyl groups excluding tert-OH is 4. The van der Waals surface area contributed by atoms with Crippen LogP contribution in [-0.2, 0) is 28.7 Å². The number of methoxy groups -OCH3 is 2. The van der Waals surface area contributed by atoms with Gasteiger partial charge < -0.3 is 49.2 Å². The molecule has 2 aromatic carbocycles. The average Bonchev–Trinajstić information content (AvgIpc) is 3.03. The van der Waals surface area contributed by atoms with Crippen LogP contribution in [0.2, 0.25) is 0 Å². The van der Waals surface area contributed by atoms with Gasteiger partial charge in [-0.25, -0.2) is 0 Å². The largest absolute Gasteiger partial charge is 0.504 e. The summed E-state index contributed by atoms with van der Waals surface area (Å²) in [4.78, 5) is 48.9. The van der Waals surface area contributed by atoms with Gasteiger partial charge in [-0.2, -0.15) is 0 Å². The molecule has 14 heteroatoms. The fourth-order valence-electron chi connectivity index (χ4n) is 4.20. The maximum atomic E-state index is 12.3. The molecule has 14 nitrogen and oxygen atoms in total. The first-order valence-electron chi connectivity index (χ1n) is 14.1. The molecule has 1 aliphatic heterocycles. The highest BCUT2D eigenvalue weighted by Gasteiger charge is 2.43. The van der Waals surface area contributed by atoms with Crippen molar-refractivity contribution in [3.8, 4) is 23.0 Å². The zero-order valence-electron chi connectivity index (χ0n) is 25.1. The molecule has 1 heterocycles. The van der Waals surface area contributed by atoms with Crippen molar-refractivity contribution in [2.45, 2.75) is 56.4 Å². The predicted molar refractivity (Wildman–Crippen MR) is 160 cm³/mol. The second kappa shape index (κ2) is 17.2. The van der Waals surface area contributed by atoms with Crippen LogP contribution in [0.3, 0.4) is 0 Å². The third-order valence-corrected chi connectivity index (χ3v) is 6.74. The number of phenolic OH excluding ortho intramolecular Hbond substituents is 1. The summed E-state index contributed by atoms with van der Waals surface area (Å²) in [7, 11) is 2.77. The Bertz CT molecular complexity index is 1450. The Labute approximate surface area is 264 Å². The monoisotopic (exact) mass is 644 g/mol. The second-order valence-electron chi connectivity index (χ2n) is 10.2. The van der Waals surface area contributed by atoms with E-state index in [0.717, 1.165) is 0 Å². The summed E-state index contributed by atoms with van der Waals surface area (Å²) in [5, 5.41) is 48.3. The summed E-state index contributed by atoms with van der Waals surface area (Å²) in [6.45, 7) is -0.487. The molecule has 5 atom stereocenters. The summed E-state index contributed by atoms with van der Waals surface area (Å²) in [6.07, 6.45) is -3.12. The van der Waals surface area contributed by atoms with Crippen LogP contribution in [-0.4, -0.2) is 101 Å². The molecule has 248 valence electrons. The predicted octanol–water partition coefficient (Wildman–Crippen LogP) is 1.08. The van der Waals surface area contributed by atoms with Crippen LogP contribution in [0.25, 0.3) is 12.2 Å². The van der Waals surface area contributed by atoms with Crippen molar-refractivity contribution < 1.29 is 68.4 Å². The molecule has 0 spiro atoms. The average molecular weight is 645 g/mol. The molecular weight excluding hydrogens is 608 g/mol. The van der Waals surface area contributed by atoms with Crippen molar-refractivity contribution in [1.29, 1.82) is 0 Å². The fraction of sp³-hybridized carbons (Fsp3) is 0.375. The summed E-state index contributed by atoms with van der Waals surface area (Å²) in [6, 6.07) is 9.12. The lowest BCUT2D eigenvalue weighted by Crippen LogP contribution is -2.58. The Hall–Kier alpha value is -4.60. The third-order valence-electron chi connectivity index (χ3n) is 6.74. The normalized spacial score (nSPS) is 21.2. The quantitative estimate of drug-likeness (QED) is 0.0794. The van der Waals surface area contributed by atoms with Gasteiger partial charge in [0.15, 0.2) is 40.9 Å². The molecule has 0 radical (unpaired) electrons. The number of carbonyl (C=O) groups is 4. The first-order chi connectivity index (χ1) is 21.9. The van der Waals surface area contributed by atoms with Crippen LogP contribution in [0.4, 0.5) is 0 Å². The standard InChI is InChI=1S/C32H36O14/c1-42-24-14-18(8-12-22(24)35)6-10-20(33)16-21(34)11-7-19-9-13-23(25(15-19)43-2)45-28(37)5-3-4-27(36)44-17-26-29(38)30(39)31(40)32(41)46-26/h6-15,26,29-32,35,38-41H,3-5,16-17H2,1-2H3/b10-6+,11-7+/t26-,29+,30+,31-,32+/m0/s1. The Morgan fingerprint density at radius 1 is 0.761 bits per heavy atom. The Kier molecular flexibility index (Phi) is 13.4. The third kappa shape index (κ3) is 10.5. The zero-order chi connectivity index (χ0) is 33.8. The van der Waals surface area contributed by atoms with Gasteiger partial charge in [0.1, 0.15) is 31.0 Å². The van der Waals surface area contributed by atoms with Gasteiger partial charge in [-0.3, -0.25) is 19.2 Å². The molecule has 0 bridgehead atoms. The highest BCUT2D eigenvalue weighted by atomic mass is 16.7. The fourth-order valence-corrected chi connectivity index (χ4v) is 4.20. The number of hydrogen-bond donors (Lipinski definition) is 5. The highest BCUT2D eigenvalue weighted by Crippen LogP contribution is 2.29. The Morgan fingerprint density at radius 3 is 1.98 bits per heavy atom. The molecule has 5 N–H and O–H groups in total. The molecule has 3 rings (SSSR count). The van der Waals surface area contributed by atoms with Crippen LogP contribution < -0.4 is 14.2 Å². The van der Waals surface area contributed by atoms with E-state index in [1.165, 1.54) is 56.7 Å². The van der Waals surface area contributed by atoms with Gasteiger partial charge in [0.2, 0.25) is 0 Å². The van der Waals surface area contributed by atoms with E-state index in [0.29, 0.717) is 11.1 Å². The summed E-state index contributed by atoms with van der Waals surface area (Å²) < 4.78 is 25.5. The number of carbonyl (C=O) groups excluding carboxylic acids is 4. The first-order valence-corrected chi connectivity index (χ1v) is 14.1. The minimum atomic E-state index is -1.75. The number of aromatic hydroxyl groups is 1. The van der Waals surface area contributed by atoms with E-state index in [1.54, 1.807) is 18.2 Å².